The number of benzene rings is 1. The summed E-state index contributed by atoms with van der Waals surface area (Å²) in [6, 6.07) is 4.87. The molecule has 0 aliphatic heterocycles. The van der Waals surface area contributed by atoms with Crippen LogP contribution in [0.4, 0.5) is 15.9 Å². The van der Waals surface area contributed by atoms with Gasteiger partial charge in [-0.05, 0) is 31.0 Å². The van der Waals surface area contributed by atoms with Crippen LogP contribution in [0.5, 0.6) is 0 Å². The Balaban J connectivity index is 2.40. The molecule has 0 amide bonds. The normalized spacial score (nSPS) is 10.4. The molecule has 0 unspecified atom stereocenters. The number of aryl methyl sites for hydroxylation is 1. The highest BCUT2D eigenvalue weighted by molar-refractivity contribution is 6.30. The monoisotopic (exact) mass is 265 g/mol. The number of aromatic nitrogens is 2. The fraction of sp³-hybridized carbons (Fsp3) is 0.231. The fourth-order valence-corrected chi connectivity index (χ4v) is 1.94. The molecule has 94 valence electrons. The van der Waals surface area contributed by atoms with E-state index >= 15 is 0 Å². The van der Waals surface area contributed by atoms with Gasteiger partial charge in [0.05, 0.1) is 5.69 Å². The van der Waals surface area contributed by atoms with Crippen molar-refractivity contribution >= 4 is 23.1 Å². The molecule has 3 nitrogen and oxygen atoms in total. The average molecular weight is 266 g/mol. The Labute approximate surface area is 110 Å². The van der Waals surface area contributed by atoms with Crippen molar-refractivity contribution in [2.45, 2.75) is 20.3 Å². The van der Waals surface area contributed by atoms with Gasteiger partial charge in [0.2, 0.25) is 0 Å². The maximum atomic E-state index is 13.7. The van der Waals surface area contributed by atoms with Gasteiger partial charge in [-0.15, -0.1) is 0 Å². The van der Waals surface area contributed by atoms with Crippen molar-refractivity contribution in [1.82, 2.24) is 9.97 Å². The molecule has 5 heteroatoms. The van der Waals surface area contributed by atoms with Crippen LogP contribution in [0, 0.1) is 12.7 Å². The van der Waals surface area contributed by atoms with Gasteiger partial charge >= 0.3 is 0 Å². The van der Waals surface area contributed by atoms with E-state index in [0.717, 1.165) is 11.1 Å². The summed E-state index contributed by atoms with van der Waals surface area (Å²) in [5.41, 5.74) is 2.14. The van der Waals surface area contributed by atoms with Gasteiger partial charge in [0.25, 0.3) is 0 Å². The smallest absolute Gasteiger partial charge is 0.146 e. The fourth-order valence-electron chi connectivity index (χ4n) is 1.67. The van der Waals surface area contributed by atoms with Gasteiger partial charge in [-0.2, -0.15) is 0 Å². The SMILES string of the molecule is CCc1c(Cl)ncnc1Nc1cc(C)ccc1F. The topological polar surface area (TPSA) is 37.8 Å². The number of nitrogens with zero attached hydrogens (tertiary/aromatic N) is 2. The summed E-state index contributed by atoms with van der Waals surface area (Å²) < 4.78 is 13.7. The van der Waals surface area contributed by atoms with Crippen molar-refractivity contribution in [3.63, 3.8) is 0 Å². The van der Waals surface area contributed by atoms with Gasteiger partial charge in [0.1, 0.15) is 23.1 Å². The standard InChI is InChI=1S/C13H13ClFN3/c1-3-9-12(14)16-7-17-13(9)18-11-6-8(2)4-5-10(11)15/h4-7H,3H2,1-2H3,(H,16,17,18). The minimum absolute atomic E-state index is 0.322. The zero-order chi connectivity index (χ0) is 13.1. The number of nitrogens with one attached hydrogen (secondary N) is 1. The second kappa shape index (κ2) is 5.31. The van der Waals surface area contributed by atoms with Gasteiger partial charge in [-0.25, -0.2) is 14.4 Å². The Hall–Kier alpha value is -1.68. The van der Waals surface area contributed by atoms with Gasteiger partial charge in [-0.3, -0.25) is 0 Å². The average Bonchev–Trinajstić information content (AvgIpc) is 2.34. The molecule has 18 heavy (non-hydrogen) atoms. The molecule has 0 radical (unpaired) electrons. The third-order valence-electron chi connectivity index (χ3n) is 2.62. The zero-order valence-corrected chi connectivity index (χ0v) is 10.9. The molecule has 1 aromatic heterocycles. The number of halogens is 2. The molecular weight excluding hydrogens is 253 g/mol. The highest BCUT2D eigenvalue weighted by atomic mass is 35.5. The maximum Gasteiger partial charge on any atom is 0.146 e. The lowest BCUT2D eigenvalue weighted by Gasteiger charge is -2.11. The van der Waals surface area contributed by atoms with Crippen LogP contribution in [0.25, 0.3) is 0 Å². The molecule has 1 N–H and O–H groups in total. The Kier molecular flexibility index (Phi) is 3.77. The number of rotatable bonds is 3. The summed E-state index contributed by atoms with van der Waals surface area (Å²) in [4.78, 5) is 8.02. The van der Waals surface area contributed by atoms with E-state index in [1.165, 1.54) is 12.4 Å². The highest BCUT2D eigenvalue weighted by Gasteiger charge is 2.10. The molecular formula is C13H13ClFN3. The van der Waals surface area contributed by atoms with E-state index in [2.05, 4.69) is 15.3 Å². The molecule has 0 aliphatic rings. The molecule has 0 bridgehead atoms. The second-order valence-electron chi connectivity index (χ2n) is 3.95. The Morgan fingerprint density at radius 1 is 1.33 bits per heavy atom. The van der Waals surface area contributed by atoms with Crippen LogP contribution < -0.4 is 5.32 Å². The van der Waals surface area contributed by atoms with Crippen molar-refractivity contribution in [2.24, 2.45) is 0 Å². The zero-order valence-electron chi connectivity index (χ0n) is 10.2. The van der Waals surface area contributed by atoms with Crippen LogP contribution in [0.2, 0.25) is 5.15 Å². The van der Waals surface area contributed by atoms with Crippen LogP contribution in [0.3, 0.4) is 0 Å². The Morgan fingerprint density at radius 2 is 2.11 bits per heavy atom. The van der Waals surface area contributed by atoms with E-state index < -0.39 is 0 Å². The summed E-state index contributed by atoms with van der Waals surface area (Å²) in [7, 11) is 0. The van der Waals surface area contributed by atoms with Gasteiger partial charge < -0.3 is 5.32 Å². The predicted molar refractivity (Wildman–Crippen MR) is 70.8 cm³/mol. The maximum absolute atomic E-state index is 13.7. The first-order chi connectivity index (χ1) is 8.61. The summed E-state index contributed by atoms with van der Waals surface area (Å²) in [6.07, 6.45) is 2.03. The molecule has 1 heterocycles. The third kappa shape index (κ3) is 2.59. The van der Waals surface area contributed by atoms with Crippen molar-refractivity contribution < 1.29 is 4.39 Å². The summed E-state index contributed by atoms with van der Waals surface area (Å²) in [5, 5.41) is 3.35. The summed E-state index contributed by atoms with van der Waals surface area (Å²) in [5.74, 6) is 0.222. The number of hydrogen-bond acceptors (Lipinski definition) is 3. The number of hydrogen-bond donors (Lipinski definition) is 1. The largest absolute Gasteiger partial charge is 0.337 e. The van der Waals surface area contributed by atoms with Crippen molar-refractivity contribution in [3.8, 4) is 0 Å². The van der Waals surface area contributed by atoms with Crippen LogP contribution in [0.15, 0.2) is 24.5 Å². The second-order valence-corrected chi connectivity index (χ2v) is 4.31. The highest BCUT2D eigenvalue weighted by Crippen LogP contribution is 2.25. The molecule has 0 saturated heterocycles. The van der Waals surface area contributed by atoms with E-state index in [9.17, 15) is 4.39 Å². The van der Waals surface area contributed by atoms with Gasteiger partial charge in [0, 0.05) is 5.56 Å². The van der Waals surface area contributed by atoms with Crippen molar-refractivity contribution in [2.75, 3.05) is 5.32 Å². The van der Waals surface area contributed by atoms with Crippen molar-refractivity contribution in [3.05, 3.63) is 46.6 Å². The minimum atomic E-state index is -0.322. The van der Waals surface area contributed by atoms with Crippen LogP contribution in [-0.4, -0.2) is 9.97 Å². The van der Waals surface area contributed by atoms with Gasteiger partial charge in [0.15, 0.2) is 0 Å². The molecule has 0 fully saturated rings. The lowest BCUT2D eigenvalue weighted by molar-refractivity contribution is 0.631. The third-order valence-corrected chi connectivity index (χ3v) is 2.95. The first kappa shape index (κ1) is 12.8. The summed E-state index contributed by atoms with van der Waals surface area (Å²) >= 11 is 5.98. The van der Waals surface area contributed by atoms with E-state index in [0.29, 0.717) is 23.1 Å². The first-order valence-electron chi connectivity index (χ1n) is 5.64. The van der Waals surface area contributed by atoms with Crippen LogP contribution >= 0.6 is 11.6 Å². The quantitative estimate of drug-likeness (QED) is 0.856. The van der Waals surface area contributed by atoms with E-state index in [-0.39, 0.29) is 5.82 Å². The van der Waals surface area contributed by atoms with E-state index in [1.54, 1.807) is 12.1 Å². The predicted octanol–water partition coefficient (Wildman–Crippen LogP) is 3.88. The molecule has 2 rings (SSSR count). The van der Waals surface area contributed by atoms with Crippen LogP contribution in [0.1, 0.15) is 18.1 Å². The van der Waals surface area contributed by atoms with Crippen molar-refractivity contribution in [1.29, 1.82) is 0 Å². The molecule has 1 aromatic carbocycles. The van der Waals surface area contributed by atoms with Crippen LogP contribution in [-0.2, 0) is 6.42 Å². The first-order valence-corrected chi connectivity index (χ1v) is 6.02. The Bertz CT molecular complexity index is 572. The molecule has 0 aliphatic carbocycles. The lowest BCUT2D eigenvalue weighted by Crippen LogP contribution is -2.02. The van der Waals surface area contributed by atoms with E-state index in [4.69, 9.17) is 11.6 Å². The molecule has 0 spiro atoms. The minimum Gasteiger partial charge on any atom is -0.337 e. The van der Waals surface area contributed by atoms with Gasteiger partial charge in [-0.1, -0.05) is 24.6 Å². The lowest BCUT2D eigenvalue weighted by atomic mass is 10.2. The number of anilines is 2. The molecule has 0 atom stereocenters. The molecule has 0 saturated carbocycles. The van der Waals surface area contributed by atoms with E-state index in [1.807, 2.05) is 13.8 Å². The molecule has 2 aromatic rings. The summed E-state index contributed by atoms with van der Waals surface area (Å²) in [6.45, 7) is 3.85. The Morgan fingerprint density at radius 3 is 2.83 bits per heavy atom.